The number of nitrogens with one attached hydrogen (secondary N) is 1. The zero-order valence-electron chi connectivity index (χ0n) is 10.0. The predicted octanol–water partition coefficient (Wildman–Crippen LogP) is 2.44. The SMILES string of the molecule is Cc1ccc(CNCc2ncccc2C(=O)O)s1. The van der Waals surface area contributed by atoms with Crippen LogP contribution >= 0.6 is 11.3 Å². The van der Waals surface area contributed by atoms with Crippen LogP contribution in [0.5, 0.6) is 0 Å². The molecular weight excluding hydrogens is 248 g/mol. The molecule has 0 saturated heterocycles. The maximum absolute atomic E-state index is 11.0. The van der Waals surface area contributed by atoms with Gasteiger partial charge < -0.3 is 10.4 Å². The van der Waals surface area contributed by atoms with Crippen molar-refractivity contribution in [1.29, 1.82) is 0 Å². The van der Waals surface area contributed by atoms with E-state index >= 15 is 0 Å². The quantitative estimate of drug-likeness (QED) is 0.868. The van der Waals surface area contributed by atoms with Crippen molar-refractivity contribution in [3.05, 3.63) is 51.5 Å². The average Bonchev–Trinajstić information content (AvgIpc) is 2.75. The highest BCUT2D eigenvalue weighted by molar-refractivity contribution is 7.11. The number of carbonyl (C=O) groups is 1. The summed E-state index contributed by atoms with van der Waals surface area (Å²) >= 11 is 1.73. The van der Waals surface area contributed by atoms with Gasteiger partial charge in [-0.1, -0.05) is 0 Å². The van der Waals surface area contributed by atoms with Crippen molar-refractivity contribution in [2.45, 2.75) is 20.0 Å². The maximum atomic E-state index is 11.0. The highest BCUT2D eigenvalue weighted by Crippen LogP contribution is 2.14. The van der Waals surface area contributed by atoms with E-state index in [0.717, 1.165) is 6.54 Å². The fraction of sp³-hybridized carbons (Fsp3) is 0.231. The Labute approximate surface area is 109 Å². The number of rotatable bonds is 5. The number of pyridine rings is 1. The molecule has 0 bridgehead atoms. The number of carboxylic acids is 1. The molecule has 2 heterocycles. The van der Waals surface area contributed by atoms with Crippen molar-refractivity contribution >= 4 is 17.3 Å². The molecule has 4 nitrogen and oxygen atoms in total. The van der Waals surface area contributed by atoms with Gasteiger partial charge in [-0.2, -0.15) is 0 Å². The molecule has 2 aromatic heterocycles. The highest BCUT2D eigenvalue weighted by atomic mass is 32.1. The van der Waals surface area contributed by atoms with Gasteiger partial charge in [0.05, 0.1) is 11.3 Å². The lowest BCUT2D eigenvalue weighted by Crippen LogP contribution is -2.16. The third-order valence-electron chi connectivity index (χ3n) is 2.51. The van der Waals surface area contributed by atoms with E-state index < -0.39 is 5.97 Å². The molecule has 0 aliphatic carbocycles. The normalized spacial score (nSPS) is 10.5. The summed E-state index contributed by atoms with van der Waals surface area (Å²) in [6.07, 6.45) is 1.61. The Balaban J connectivity index is 1.96. The van der Waals surface area contributed by atoms with Gasteiger partial charge in [-0.05, 0) is 31.2 Å². The number of aryl methyl sites for hydroxylation is 1. The molecule has 0 saturated carbocycles. The fourth-order valence-corrected chi connectivity index (χ4v) is 2.52. The molecule has 18 heavy (non-hydrogen) atoms. The van der Waals surface area contributed by atoms with Crippen LogP contribution in [0.15, 0.2) is 30.5 Å². The molecule has 0 aliphatic heterocycles. The lowest BCUT2D eigenvalue weighted by atomic mass is 10.2. The van der Waals surface area contributed by atoms with E-state index in [1.54, 1.807) is 29.7 Å². The number of aromatic nitrogens is 1. The minimum Gasteiger partial charge on any atom is -0.478 e. The smallest absolute Gasteiger partial charge is 0.337 e. The largest absolute Gasteiger partial charge is 0.478 e. The Hall–Kier alpha value is -1.72. The molecule has 2 aromatic rings. The zero-order valence-corrected chi connectivity index (χ0v) is 10.8. The van der Waals surface area contributed by atoms with Gasteiger partial charge >= 0.3 is 5.97 Å². The van der Waals surface area contributed by atoms with Gasteiger partial charge in [0.15, 0.2) is 0 Å². The first kappa shape index (κ1) is 12.7. The third-order valence-corrected chi connectivity index (χ3v) is 3.51. The van der Waals surface area contributed by atoms with Crippen LogP contribution in [0, 0.1) is 6.92 Å². The molecule has 0 atom stereocenters. The molecule has 5 heteroatoms. The van der Waals surface area contributed by atoms with Crippen LogP contribution < -0.4 is 5.32 Å². The van der Waals surface area contributed by atoms with Gasteiger partial charge in [0, 0.05) is 29.0 Å². The molecule has 0 unspecified atom stereocenters. The molecule has 0 fully saturated rings. The second-order valence-electron chi connectivity index (χ2n) is 3.92. The summed E-state index contributed by atoms with van der Waals surface area (Å²) in [7, 11) is 0. The molecule has 0 spiro atoms. The van der Waals surface area contributed by atoms with E-state index in [0.29, 0.717) is 12.2 Å². The Morgan fingerprint density at radius 1 is 1.39 bits per heavy atom. The summed E-state index contributed by atoms with van der Waals surface area (Å²) in [5.74, 6) is -0.938. The second-order valence-corrected chi connectivity index (χ2v) is 5.29. The van der Waals surface area contributed by atoms with Crippen LogP contribution in [-0.4, -0.2) is 16.1 Å². The molecule has 94 valence electrons. The van der Waals surface area contributed by atoms with E-state index in [-0.39, 0.29) is 5.56 Å². The lowest BCUT2D eigenvalue weighted by molar-refractivity contribution is 0.0695. The standard InChI is InChI=1S/C13H14N2O2S/c1-9-4-5-10(18-9)7-14-8-12-11(13(16)17)3-2-6-15-12/h2-6,14H,7-8H2,1H3,(H,16,17). The van der Waals surface area contributed by atoms with E-state index in [1.807, 2.05) is 0 Å². The molecule has 0 aromatic carbocycles. The van der Waals surface area contributed by atoms with Crippen LogP contribution in [0.2, 0.25) is 0 Å². The molecule has 0 aliphatic rings. The van der Waals surface area contributed by atoms with Crippen molar-refractivity contribution in [2.75, 3.05) is 0 Å². The van der Waals surface area contributed by atoms with Gasteiger partial charge in [-0.3, -0.25) is 4.98 Å². The summed E-state index contributed by atoms with van der Waals surface area (Å²) in [6.45, 7) is 3.25. The minimum absolute atomic E-state index is 0.257. The van der Waals surface area contributed by atoms with Gasteiger partial charge in [-0.25, -0.2) is 4.79 Å². The van der Waals surface area contributed by atoms with Gasteiger partial charge in [0.25, 0.3) is 0 Å². The van der Waals surface area contributed by atoms with E-state index in [2.05, 4.69) is 29.4 Å². The van der Waals surface area contributed by atoms with Crippen LogP contribution in [0.3, 0.4) is 0 Å². The van der Waals surface area contributed by atoms with Crippen molar-refractivity contribution in [1.82, 2.24) is 10.3 Å². The molecule has 2 N–H and O–H groups in total. The number of thiophene rings is 1. The summed E-state index contributed by atoms with van der Waals surface area (Å²) in [6, 6.07) is 7.35. The van der Waals surface area contributed by atoms with Crippen molar-refractivity contribution in [2.24, 2.45) is 0 Å². The fourth-order valence-electron chi connectivity index (χ4n) is 1.66. The van der Waals surface area contributed by atoms with Crippen LogP contribution in [-0.2, 0) is 13.1 Å². The monoisotopic (exact) mass is 262 g/mol. The van der Waals surface area contributed by atoms with Crippen molar-refractivity contribution in [3.8, 4) is 0 Å². The molecule has 0 amide bonds. The number of carboxylic acid groups (broad SMARTS) is 1. The van der Waals surface area contributed by atoms with E-state index in [4.69, 9.17) is 5.11 Å². The third kappa shape index (κ3) is 3.15. The second kappa shape index (κ2) is 5.75. The van der Waals surface area contributed by atoms with E-state index in [9.17, 15) is 4.79 Å². The summed E-state index contributed by atoms with van der Waals surface area (Å²) in [4.78, 5) is 17.6. The van der Waals surface area contributed by atoms with Crippen LogP contribution in [0.1, 0.15) is 25.8 Å². The highest BCUT2D eigenvalue weighted by Gasteiger charge is 2.09. The first-order chi connectivity index (χ1) is 8.66. The Morgan fingerprint density at radius 2 is 2.22 bits per heavy atom. The summed E-state index contributed by atoms with van der Waals surface area (Å²) in [5.41, 5.74) is 0.825. The van der Waals surface area contributed by atoms with Gasteiger partial charge in [0.1, 0.15) is 0 Å². The lowest BCUT2D eigenvalue weighted by Gasteiger charge is -2.05. The Bertz CT molecular complexity index is 551. The van der Waals surface area contributed by atoms with Crippen molar-refractivity contribution < 1.29 is 9.90 Å². The number of aromatic carboxylic acids is 1. The Kier molecular flexibility index (Phi) is 4.07. The Morgan fingerprint density at radius 3 is 2.89 bits per heavy atom. The maximum Gasteiger partial charge on any atom is 0.337 e. The summed E-state index contributed by atoms with van der Waals surface area (Å²) < 4.78 is 0. The number of nitrogens with zero attached hydrogens (tertiary/aromatic N) is 1. The summed E-state index contributed by atoms with van der Waals surface area (Å²) in [5, 5.41) is 12.2. The number of hydrogen-bond acceptors (Lipinski definition) is 4. The first-order valence-corrected chi connectivity index (χ1v) is 6.41. The van der Waals surface area contributed by atoms with Gasteiger partial charge in [-0.15, -0.1) is 11.3 Å². The van der Waals surface area contributed by atoms with Gasteiger partial charge in [0.2, 0.25) is 0 Å². The van der Waals surface area contributed by atoms with Crippen LogP contribution in [0.25, 0.3) is 0 Å². The molecule has 0 radical (unpaired) electrons. The van der Waals surface area contributed by atoms with E-state index in [1.165, 1.54) is 9.75 Å². The number of hydrogen-bond donors (Lipinski definition) is 2. The molecular formula is C13H14N2O2S. The minimum atomic E-state index is -0.938. The zero-order chi connectivity index (χ0) is 13.0. The van der Waals surface area contributed by atoms with Crippen molar-refractivity contribution in [3.63, 3.8) is 0 Å². The molecule has 2 rings (SSSR count). The topological polar surface area (TPSA) is 62.2 Å². The average molecular weight is 262 g/mol. The van der Waals surface area contributed by atoms with Crippen LogP contribution in [0.4, 0.5) is 0 Å². The first-order valence-electron chi connectivity index (χ1n) is 5.60. The predicted molar refractivity (Wildman–Crippen MR) is 70.8 cm³/mol.